The molecular weight excluding hydrogens is 149 g/mol. The highest BCUT2D eigenvalue weighted by Crippen LogP contribution is 2.08. The van der Waals surface area contributed by atoms with Crippen LogP contribution in [0.4, 0.5) is 4.39 Å². The molecular formula is C7H14FNO2. The van der Waals surface area contributed by atoms with Crippen LogP contribution in [0.5, 0.6) is 0 Å². The lowest BCUT2D eigenvalue weighted by atomic mass is 10.0. The number of carboxylic acids is 1. The Morgan fingerprint density at radius 3 is 2.55 bits per heavy atom. The van der Waals surface area contributed by atoms with Crippen molar-refractivity contribution < 1.29 is 14.3 Å². The van der Waals surface area contributed by atoms with Crippen LogP contribution >= 0.6 is 0 Å². The Balaban J connectivity index is 3.78. The van der Waals surface area contributed by atoms with Gasteiger partial charge in [0.15, 0.2) is 0 Å². The fraction of sp³-hybridized carbons (Fsp3) is 0.857. The fourth-order valence-corrected chi connectivity index (χ4v) is 0.556. The number of hydrogen-bond acceptors (Lipinski definition) is 2. The van der Waals surface area contributed by atoms with Crippen molar-refractivity contribution in [3.8, 4) is 0 Å². The highest BCUT2D eigenvalue weighted by Gasteiger charge is 2.21. The van der Waals surface area contributed by atoms with Crippen molar-refractivity contribution in [1.82, 2.24) is 5.32 Å². The summed E-state index contributed by atoms with van der Waals surface area (Å²) in [4.78, 5) is 10.1. The van der Waals surface area contributed by atoms with E-state index >= 15 is 0 Å². The van der Waals surface area contributed by atoms with Crippen LogP contribution in [0, 0.1) is 0 Å². The third kappa shape index (κ3) is 3.93. The number of alkyl halides is 1. The summed E-state index contributed by atoms with van der Waals surface area (Å²) in [6.07, 6.45) is 0.580. The quantitative estimate of drug-likeness (QED) is 0.630. The second-order valence-corrected chi connectivity index (χ2v) is 2.80. The van der Waals surface area contributed by atoms with E-state index in [4.69, 9.17) is 5.11 Å². The number of hydrogen-bond donors (Lipinski definition) is 2. The predicted molar refractivity (Wildman–Crippen MR) is 40.3 cm³/mol. The summed E-state index contributed by atoms with van der Waals surface area (Å²) < 4.78 is 12.2. The molecule has 3 nitrogen and oxygen atoms in total. The van der Waals surface area contributed by atoms with E-state index < -0.39 is 18.2 Å². The van der Waals surface area contributed by atoms with Crippen molar-refractivity contribution in [1.29, 1.82) is 0 Å². The van der Waals surface area contributed by atoms with Crippen LogP contribution in [0.2, 0.25) is 0 Å². The maximum atomic E-state index is 12.2. The van der Waals surface area contributed by atoms with Crippen LogP contribution in [0.3, 0.4) is 0 Å². The maximum Gasteiger partial charge on any atom is 0.317 e. The summed E-state index contributed by atoms with van der Waals surface area (Å²) in [7, 11) is 0. The lowest BCUT2D eigenvalue weighted by molar-refractivity contribution is -0.136. The number of nitrogens with one attached hydrogen (secondary N) is 1. The van der Waals surface area contributed by atoms with Gasteiger partial charge in [0.1, 0.15) is 6.67 Å². The lowest BCUT2D eigenvalue weighted by Crippen LogP contribution is -2.46. The number of rotatable bonds is 5. The van der Waals surface area contributed by atoms with Gasteiger partial charge in [-0.2, -0.15) is 0 Å². The Morgan fingerprint density at radius 2 is 2.27 bits per heavy atom. The first-order valence-electron chi connectivity index (χ1n) is 3.57. The zero-order valence-corrected chi connectivity index (χ0v) is 6.85. The van der Waals surface area contributed by atoms with E-state index in [0.717, 1.165) is 0 Å². The van der Waals surface area contributed by atoms with E-state index in [0.29, 0.717) is 6.42 Å². The average molecular weight is 163 g/mol. The molecule has 0 aliphatic heterocycles. The standard InChI is InChI=1S/C7H14FNO2/c1-3-7(2,5-8)9-4-6(10)11/h9H,3-5H2,1-2H3,(H,10,11). The van der Waals surface area contributed by atoms with Gasteiger partial charge in [0, 0.05) is 5.54 Å². The third-order valence-corrected chi connectivity index (χ3v) is 1.74. The summed E-state index contributed by atoms with van der Waals surface area (Å²) in [5.74, 6) is -0.960. The van der Waals surface area contributed by atoms with Gasteiger partial charge in [-0.3, -0.25) is 10.1 Å². The maximum absolute atomic E-state index is 12.2. The molecule has 2 N–H and O–H groups in total. The molecule has 0 rings (SSSR count). The van der Waals surface area contributed by atoms with Crippen molar-refractivity contribution in [2.24, 2.45) is 0 Å². The molecule has 66 valence electrons. The van der Waals surface area contributed by atoms with Crippen molar-refractivity contribution >= 4 is 5.97 Å². The van der Waals surface area contributed by atoms with Gasteiger partial charge in [0.2, 0.25) is 0 Å². The van der Waals surface area contributed by atoms with E-state index in [9.17, 15) is 9.18 Å². The highest BCUT2D eigenvalue weighted by molar-refractivity contribution is 5.69. The van der Waals surface area contributed by atoms with Gasteiger partial charge in [-0.15, -0.1) is 0 Å². The Labute approximate surface area is 65.6 Å². The van der Waals surface area contributed by atoms with Gasteiger partial charge in [0.05, 0.1) is 6.54 Å². The molecule has 0 saturated heterocycles. The van der Waals surface area contributed by atoms with Crippen LogP contribution in [0.15, 0.2) is 0 Å². The summed E-state index contributed by atoms with van der Waals surface area (Å²) in [6, 6.07) is 0. The van der Waals surface area contributed by atoms with Crippen LogP contribution in [-0.2, 0) is 4.79 Å². The van der Waals surface area contributed by atoms with E-state index in [1.165, 1.54) is 0 Å². The molecule has 0 aromatic heterocycles. The van der Waals surface area contributed by atoms with E-state index in [1.54, 1.807) is 6.92 Å². The number of halogens is 1. The van der Waals surface area contributed by atoms with Crippen LogP contribution in [0.25, 0.3) is 0 Å². The Morgan fingerprint density at radius 1 is 1.73 bits per heavy atom. The summed E-state index contributed by atoms with van der Waals surface area (Å²) in [6.45, 7) is 2.75. The van der Waals surface area contributed by atoms with Gasteiger partial charge in [-0.1, -0.05) is 6.92 Å². The first-order chi connectivity index (χ1) is 5.04. The van der Waals surface area contributed by atoms with Crippen molar-refractivity contribution in [3.63, 3.8) is 0 Å². The van der Waals surface area contributed by atoms with Gasteiger partial charge in [-0.25, -0.2) is 4.39 Å². The molecule has 1 atom stereocenters. The SMILES string of the molecule is CCC(C)(CF)NCC(=O)O. The zero-order chi connectivity index (χ0) is 8.91. The number of carboxylic acid groups (broad SMARTS) is 1. The summed E-state index contributed by atoms with van der Waals surface area (Å²) >= 11 is 0. The molecule has 11 heavy (non-hydrogen) atoms. The molecule has 0 amide bonds. The summed E-state index contributed by atoms with van der Waals surface area (Å²) in [5.41, 5.74) is -0.682. The van der Waals surface area contributed by atoms with Crippen molar-refractivity contribution in [2.45, 2.75) is 25.8 Å². The molecule has 1 unspecified atom stereocenters. The van der Waals surface area contributed by atoms with E-state index in [2.05, 4.69) is 5.32 Å². The molecule has 0 aromatic carbocycles. The largest absolute Gasteiger partial charge is 0.480 e. The molecule has 0 heterocycles. The first kappa shape index (κ1) is 10.4. The predicted octanol–water partition coefficient (Wildman–Crippen LogP) is 0.799. The highest BCUT2D eigenvalue weighted by atomic mass is 19.1. The lowest BCUT2D eigenvalue weighted by Gasteiger charge is -2.24. The van der Waals surface area contributed by atoms with Crippen molar-refractivity contribution in [3.05, 3.63) is 0 Å². The van der Waals surface area contributed by atoms with Crippen molar-refractivity contribution in [2.75, 3.05) is 13.2 Å². The molecule has 0 bridgehead atoms. The van der Waals surface area contributed by atoms with Gasteiger partial charge in [-0.05, 0) is 13.3 Å². The molecule has 0 fully saturated rings. The minimum absolute atomic E-state index is 0.186. The van der Waals surface area contributed by atoms with Crippen LogP contribution < -0.4 is 5.32 Å². The van der Waals surface area contributed by atoms with Gasteiger partial charge in [0.25, 0.3) is 0 Å². The Kier molecular flexibility index (Phi) is 4.03. The van der Waals surface area contributed by atoms with E-state index in [-0.39, 0.29) is 6.54 Å². The topological polar surface area (TPSA) is 49.3 Å². The summed E-state index contributed by atoms with van der Waals surface area (Å²) in [5, 5.41) is 10.9. The molecule has 0 radical (unpaired) electrons. The minimum atomic E-state index is -0.960. The number of aliphatic carboxylic acids is 1. The fourth-order valence-electron chi connectivity index (χ4n) is 0.556. The number of carbonyl (C=O) groups is 1. The smallest absolute Gasteiger partial charge is 0.317 e. The Bertz CT molecular complexity index is 134. The molecule has 0 aliphatic carbocycles. The molecule has 0 spiro atoms. The van der Waals surface area contributed by atoms with Gasteiger partial charge >= 0.3 is 5.97 Å². The second kappa shape index (κ2) is 4.28. The second-order valence-electron chi connectivity index (χ2n) is 2.80. The third-order valence-electron chi connectivity index (χ3n) is 1.74. The van der Waals surface area contributed by atoms with E-state index in [1.807, 2.05) is 6.92 Å². The zero-order valence-electron chi connectivity index (χ0n) is 6.85. The molecule has 0 aliphatic rings. The Hall–Kier alpha value is -0.640. The van der Waals surface area contributed by atoms with Crippen LogP contribution in [-0.4, -0.2) is 29.8 Å². The van der Waals surface area contributed by atoms with Gasteiger partial charge < -0.3 is 5.11 Å². The monoisotopic (exact) mass is 163 g/mol. The van der Waals surface area contributed by atoms with Crippen LogP contribution in [0.1, 0.15) is 20.3 Å². The molecule has 4 heteroatoms. The molecule has 0 aromatic rings. The minimum Gasteiger partial charge on any atom is -0.480 e. The normalized spacial score (nSPS) is 15.9. The first-order valence-corrected chi connectivity index (χ1v) is 3.57. The molecule has 0 saturated carbocycles. The average Bonchev–Trinajstić information content (AvgIpc) is 2.00.